The van der Waals surface area contributed by atoms with Gasteiger partial charge in [-0.1, -0.05) is 55.5 Å². The molecule has 0 saturated heterocycles. The molecular weight excluding hydrogens is 325 g/mol. The molecule has 1 unspecified atom stereocenters. The van der Waals surface area contributed by atoms with Gasteiger partial charge in [-0.3, -0.25) is 4.57 Å². The molecule has 0 heterocycles. The molecule has 2 aromatic carbocycles. The first-order chi connectivity index (χ1) is 11.2. The predicted octanol–water partition coefficient (Wildman–Crippen LogP) is 5.54. The molecule has 0 saturated carbocycles. The topological polar surface area (TPSA) is 38.3 Å². The fourth-order valence-corrected chi connectivity index (χ4v) is 5.76. The van der Waals surface area contributed by atoms with Crippen LogP contribution in [0.5, 0.6) is 0 Å². The summed E-state index contributed by atoms with van der Waals surface area (Å²) in [6, 6.07) is 20.1. The van der Waals surface area contributed by atoms with E-state index < -0.39 is 6.72 Å². The standard InChI is InChI=1S/C18H24NO2PS/c1-2-16-21-22(20,23-18-13-7-4-8-14-18)19-15-9-12-17-10-5-3-6-11-17/h3-8,10-11,13-14H,2,9,12,15-16H2,1H3,(H,19,20). The van der Waals surface area contributed by atoms with Gasteiger partial charge in [0.15, 0.2) is 0 Å². The van der Waals surface area contributed by atoms with Crippen LogP contribution in [-0.4, -0.2) is 13.2 Å². The second kappa shape index (κ2) is 9.94. The van der Waals surface area contributed by atoms with Crippen molar-refractivity contribution in [3.8, 4) is 0 Å². The third-order valence-corrected chi connectivity index (χ3v) is 7.14. The van der Waals surface area contributed by atoms with Crippen molar-refractivity contribution in [1.29, 1.82) is 0 Å². The highest BCUT2D eigenvalue weighted by Crippen LogP contribution is 2.59. The summed E-state index contributed by atoms with van der Waals surface area (Å²) in [6.45, 7) is 0.287. The van der Waals surface area contributed by atoms with E-state index in [1.54, 1.807) is 0 Å². The Bertz CT molecular complexity index is 607. The van der Waals surface area contributed by atoms with Gasteiger partial charge in [-0.25, -0.2) is 5.09 Å². The summed E-state index contributed by atoms with van der Waals surface area (Å²) in [6.07, 6.45) is 2.75. The van der Waals surface area contributed by atoms with Gasteiger partial charge < -0.3 is 4.52 Å². The molecule has 23 heavy (non-hydrogen) atoms. The number of nitrogens with one attached hydrogen (secondary N) is 1. The zero-order chi connectivity index (χ0) is 16.4. The van der Waals surface area contributed by atoms with Crippen LogP contribution in [0.15, 0.2) is 65.6 Å². The summed E-state index contributed by atoms with van der Waals surface area (Å²) in [4.78, 5) is 0.961. The molecule has 0 aliphatic carbocycles. The van der Waals surface area contributed by atoms with E-state index in [1.807, 2.05) is 55.5 Å². The van der Waals surface area contributed by atoms with Crippen LogP contribution in [-0.2, 0) is 15.5 Å². The van der Waals surface area contributed by atoms with Gasteiger partial charge in [0.05, 0.1) is 6.61 Å². The smallest absolute Gasteiger partial charge is 0.310 e. The minimum atomic E-state index is -2.91. The molecule has 2 aromatic rings. The Morgan fingerprint density at radius 2 is 1.70 bits per heavy atom. The molecule has 3 nitrogen and oxygen atoms in total. The van der Waals surface area contributed by atoms with Crippen molar-refractivity contribution in [2.45, 2.75) is 31.1 Å². The SMILES string of the molecule is CCCOP(=O)(NCCCc1ccccc1)Sc1ccccc1. The maximum Gasteiger partial charge on any atom is 0.331 e. The van der Waals surface area contributed by atoms with Crippen molar-refractivity contribution in [3.05, 3.63) is 66.2 Å². The van der Waals surface area contributed by atoms with Gasteiger partial charge in [-0.15, -0.1) is 0 Å². The van der Waals surface area contributed by atoms with Gasteiger partial charge in [0.1, 0.15) is 0 Å². The fraction of sp³-hybridized carbons (Fsp3) is 0.333. The zero-order valence-corrected chi connectivity index (χ0v) is 15.2. The van der Waals surface area contributed by atoms with E-state index in [0.717, 1.165) is 24.2 Å². The Kier molecular flexibility index (Phi) is 7.90. The molecule has 124 valence electrons. The summed E-state index contributed by atoms with van der Waals surface area (Å²) in [5.74, 6) is 0. The summed E-state index contributed by atoms with van der Waals surface area (Å²) in [7, 11) is 0. The van der Waals surface area contributed by atoms with Crippen LogP contribution in [0.25, 0.3) is 0 Å². The first-order valence-corrected chi connectivity index (χ1v) is 11.0. The van der Waals surface area contributed by atoms with E-state index in [4.69, 9.17) is 4.52 Å². The Balaban J connectivity index is 1.86. The molecule has 2 rings (SSSR count). The van der Waals surface area contributed by atoms with Crippen molar-refractivity contribution < 1.29 is 9.09 Å². The van der Waals surface area contributed by atoms with Crippen molar-refractivity contribution in [2.24, 2.45) is 0 Å². The van der Waals surface area contributed by atoms with Gasteiger partial charge >= 0.3 is 6.72 Å². The summed E-state index contributed by atoms with van der Waals surface area (Å²) in [5.41, 5.74) is 1.30. The molecule has 0 fully saturated rings. The van der Waals surface area contributed by atoms with E-state index in [9.17, 15) is 4.57 Å². The molecule has 0 bridgehead atoms. The highest BCUT2D eigenvalue weighted by atomic mass is 32.7. The lowest BCUT2D eigenvalue weighted by molar-refractivity contribution is 0.317. The van der Waals surface area contributed by atoms with Crippen molar-refractivity contribution in [1.82, 2.24) is 5.09 Å². The van der Waals surface area contributed by atoms with Crippen molar-refractivity contribution in [3.63, 3.8) is 0 Å². The van der Waals surface area contributed by atoms with E-state index >= 15 is 0 Å². The molecule has 0 aromatic heterocycles. The zero-order valence-electron chi connectivity index (χ0n) is 13.5. The highest BCUT2D eigenvalue weighted by molar-refractivity contribution is 8.56. The van der Waals surface area contributed by atoms with E-state index in [2.05, 4.69) is 17.2 Å². The second-order valence-corrected chi connectivity index (χ2v) is 9.45. The molecular formula is C18H24NO2PS. The normalized spacial score (nSPS) is 13.6. The lowest BCUT2D eigenvalue weighted by Crippen LogP contribution is -2.13. The van der Waals surface area contributed by atoms with Gasteiger partial charge in [0.25, 0.3) is 0 Å². The Morgan fingerprint density at radius 1 is 1.04 bits per heavy atom. The minimum Gasteiger partial charge on any atom is -0.310 e. The number of aryl methyl sites for hydroxylation is 1. The first-order valence-electron chi connectivity index (χ1n) is 8.00. The maximum atomic E-state index is 13.0. The molecule has 5 heteroatoms. The Morgan fingerprint density at radius 3 is 2.35 bits per heavy atom. The molecule has 0 aliphatic heterocycles. The molecule has 1 N–H and O–H groups in total. The van der Waals surface area contributed by atoms with Gasteiger partial charge in [0.2, 0.25) is 0 Å². The van der Waals surface area contributed by atoms with Crippen LogP contribution in [0.1, 0.15) is 25.3 Å². The number of rotatable bonds is 10. The average molecular weight is 349 g/mol. The van der Waals surface area contributed by atoms with Crippen LogP contribution >= 0.6 is 18.1 Å². The number of hydrogen-bond acceptors (Lipinski definition) is 3. The fourth-order valence-electron chi connectivity index (χ4n) is 2.09. The lowest BCUT2D eigenvalue weighted by Gasteiger charge is -2.18. The lowest BCUT2D eigenvalue weighted by atomic mass is 10.1. The molecule has 0 aliphatic rings. The van der Waals surface area contributed by atoms with E-state index in [-0.39, 0.29) is 0 Å². The van der Waals surface area contributed by atoms with Crippen LogP contribution in [0.3, 0.4) is 0 Å². The number of benzene rings is 2. The molecule has 0 spiro atoms. The third-order valence-electron chi connectivity index (χ3n) is 3.22. The summed E-state index contributed by atoms with van der Waals surface area (Å²) >= 11 is 1.30. The Hall–Kier alpha value is -1.06. The van der Waals surface area contributed by atoms with Crippen molar-refractivity contribution in [2.75, 3.05) is 13.2 Å². The van der Waals surface area contributed by atoms with Crippen LogP contribution < -0.4 is 5.09 Å². The van der Waals surface area contributed by atoms with Crippen LogP contribution in [0.4, 0.5) is 0 Å². The summed E-state index contributed by atoms with van der Waals surface area (Å²) in [5, 5.41) is 3.15. The Labute approximate surface area is 143 Å². The quantitative estimate of drug-likeness (QED) is 0.452. The van der Waals surface area contributed by atoms with Gasteiger partial charge in [-0.05, 0) is 48.3 Å². The highest BCUT2D eigenvalue weighted by Gasteiger charge is 2.24. The largest absolute Gasteiger partial charge is 0.331 e. The summed E-state index contributed by atoms with van der Waals surface area (Å²) < 4.78 is 18.6. The molecule has 0 amide bonds. The molecule has 1 atom stereocenters. The number of hydrogen-bond donors (Lipinski definition) is 1. The van der Waals surface area contributed by atoms with Crippen LogP contribution in [0, 0.1) is 0 Å². The average Bonchev–Trinajstić information content (AvgIpc) is 2.59. The van der Waals surface area contributed by atoms with Crippen molar-refractivity contribution >= 4 is 18.1 Å². The molecule has 0 radical (unpaired) electrons. The van der Waals surface area contributed by atoms with Crippen LogP contribution in [0.2, 0.25) is 0 Å². The predicted molar refractivity (Wildman–Crippen MR) is 98.9 cm³/mol. The first kappa shape index (κ1) is 18.3. The monoisotopic (exact) mass is 349 g/mol. The third kappa shape index (κ3) is 6.92. The van der Waals surface area contributed by atoms with E-state index in [0.29, 0.717) is 13.2 Å². The van der Waals surface area contributed by atoms with Gasteiger partial charge in [0, 0.05) is 11.4 Å². The minimum absolute atomic E-state index is 0.503. The van der Waals surface area contributed by atoms with Gasteiger partial charge in [-0.2, -0.15) is 0 Å². The maximum absolute atomic E-state index is 13.0. The van der Waals surface area contributed by atoms with E-state index in [1.165, 1.54) is 16.9 Å². The second-order valence-electron chi connectivity index (χ2n) is 5.23.